The molecule has 3 aromatic rings. The molecule has 0 N–H and O–H groups in total. The fourth-order valence-corrected chi connectivity index (χ4v) is 3.79. The summed E-state index contributed by atoms with van der Waals surface area (Å²) in [4.78, 5) is 0. The maximum absolute atomic E-state index is 6.50. The van der Waals surface area contributed by atoms with Gasteiger partial charge in [-0.3, -0.25) is 0 Å². The van der Waals surface area contributed by atoms with Gasteiger partial charge in [0.15, 0.2) is 6.10 Å². The summed E-state index contributed by atoms with van der Waals surface area (Å²) in [5.41, 5.74) is 3.70. The molecule has 6 heteroatoms. The first kappa shape index (κ1) is 21.4. The van der Waals surface area contributed by atoms with Crippen LogP contribution in [-0.4, -0.2) is 35.5 Å². The van der Waals surface area contributed by atoms with E-state index in [0.717, 1.165) is 28.0 Å². The Morgan fingerprint density at radius 3 is 1.81 bits per heavy atom. The molecule has 1 heterocycles. The fourth-order valence-electron chi connectivity index (χ4n) is 3.79. The van der Waals surface area contributed by atoms with Crippen molar-refractivity contribution < 1.29 is 28.4 Å². The van der Waals surface area contributed by atoms with E-state index < -0.39 is 6.10 Å². The van der Waals surface area contributed by atoms with Crippen molar-refractivity contribution in [3.63, 3.8) is 0 Å². The third kappa shape index (κ3) is 4.04. The van der Waals surface area contributed by atoms with E-state index in [0.29, 0.717) is 28.8 Å². The molecule has 1 atom stereocenters. The fraction of sp³-hybridized carbons (Fsp3) is 0.231. The molecule has 6 nitrogen and oxygen atoms in total. The van der Waals surface area contributed by atoms with E-state index in [1.807, 2.05) is 60.7 Å². The van der Waals surface area contributed by atoms with Gasteiger partial charge in [-0.2, -0.15) is 0 Å². The van der Waals surface area contributed by atoms with E-state index in [2.05, 4.69) is 0 Å². The largest absolute Gasteiger partial charge is 0.497 e. The molecule has 0 saturated carbocycles. The van der Waals surface area contributed by atoms with Gasteiger partial charge in [0, 0.05) is 23.3 Å². The quantitative estimate of drug-likeness (QED) is 0.500. The average molecular weight is 434 g/mol. The highest BCUT2D eigenvalue weighted by molar-refractivity contribution is 5.84. The molecule has 1 aliphatic rings. The Bertz CT molecular complexity index is 1110. The normalized spacial score (nSPS) is 15.7. The van der Waals surface area contributed by atoms with Crippen molar-refractivity contribution in [1.29, 1.82) is 0 Å². The van der Waals surface area contributed by atoms with Crippen LogP contribution in [0.25, 0.3) is 11.8 Å². The van der Waals surface area contributed by atoms with E-state index >= 15 is 0 Å². The highest BCUT2D eigenvalue weighted by atomic mass is 16.5. The van der Waals surface area contributed by atoms with Crippen molar-refractivity contribution in [2.45, 2.75) is 6.10 Å². The number of hydrogen-bond donors (Lipinski definition) is 0. The number of rotatable bonds is 7. The SMILES string of the molecule is COc1ccc(/C=C2/OC(c3cc(OC)cc(OC)c3)c3c(OC)cc(OC)cc32)cc1. The predicted molar refractivity (Wildman–Crippen MR) is 123 cm³/mol. The summed E-state index contributed by atoms with van der Waals surface area (Å²) in [5, 5.41) is 0. The Kier molecular flexibility index (Phi) is 6.12. The second-order valence-electron chi connectivity index (χ2n) is 7.22. The molecule has 1 aliphatic heterocycles. The van der Waals surface area contributed by atoms with Crippen molar-refractivity contribution in [3.8, 4) is 28.7 Å². The Hall–Kier alpha value is -3.80. The van der Waals surface area contributed by atoms with Gasteiger partial charge in [-0.05, 0) is 42.0 Å². The summed E-state index contributed by atoms with van der Waals surface area (Å²) in [6.07, 6.45) is 1.59. The third-order valence-corrected chi connectivity index (χ3v) is 5.43. The van der Waals surface area contributed by atoms with Crippen LogP contribution in [0.5, 0.6) is 28.7 Å². The molecule has 4 rings (SSSR count). The first-order chi connectivity index (χ1) is 15.6. The molecule has 0 fully saturated rings. The number of fused-ring (bicyclic) bond motifs is 1. The van der Waals surface area contributed by atoms with Gasteiger partial charge in [0.05, 0.1) is 41.1 Å². The van der Waals surface area contributed by atoms with Crippen LogP contribution >= 0.6 is 0 Å². The summed E-state index contributed by atoms with van der Waals surface area (Å²) in [6.45, 7) is 0. The number of hydrogen-bond acceptors (Lipinski definition) is 6. The van der Waals surface area contributed by atoms with Gasteiger partial charge in [-0.25, -0.2) is 0 Å². The Balaban J connectivity index is 1.87. The summed E-state index contributed by atoms with van der Waals surface area (Å²) in [7, 11) is 8.18. The molecule has 0 radical (unpaired) electrons. The van der Waals surface area contributed by atoms with Crippen molar-refractivity contribution >= 4 is 11.8 Å². The van der Waals surface area contributed by atoms with Crippen molar-refractivity contribution in [2.24, 2.45) is 0 Å². The molecule has 0 amide bonds. The van der Waals surface area contributed by atoms with Crippen LogP contribution in [0.2, 0.25) is 0 Å². The maximum atomic E-state index is 6.50. The van der Waals surface area contributed by atoms with E-state index in [-0.39, 0.29) is 0 Å². The van der Waals surface area contributed by atoms with Gasteiger partial charge in [0.25, 0.3) is 0 Å². The highest BCUT2D eigenvalue weighted by Crippen LogP contribution is 2.50. The summed E-state index contributed by atoms with van der Waals surface area (Å²) in [5.74, 6) is 4.26. The molecule has 32 heavy (non-hydrogen) atoms. The second kappa shape index (κ2) is 9.14. The van der Waals surface area contributed by atoms with Crippen molar-refractivity contribution in [2.75, 3.05) is 35.5 Å². The molecular formula is C26H26O6. The third-order valence-electron chi connectivity index (χ3n) is 5.43. The molecular weight excluding hydrogens is 408 g/mol. The Labute approximate surface area is 187 Å². The monoisotopic (exact) mass is 434 g/mol. The molecule has 3 aromatic carbocycles. The van der Waals surface area contributed by atoms with E-state index in [1.165, 1.54) is 0 Å². The lowest BCUT2D eigenvalue weighted by Crippen LogP contribution is -2.02. The first-order valence-corrected chi connectivity index (χ1v) is 10.1. The summed E-state index contributed by atoms with van der Waals surface area (Å²) in [6, 6.07) is 17.3. The Morgan fingerprint density at radius 2 is 1.25 bits per heavy atom. The Morgan fingerprint density at radius 1 is 0.656 bits per heavy atom. The van der Waals surface area contributed by atoms with Gasteiger partial charge in [-0.15, -0.1) is 0 Å². The van der Waals surface area contributed by atoms with Crippen molar-refractivity contribution in [3.05, 3.63) is 76.9 Å². The van der Waals surface area contributed by atoms with Crippen LogP contribution in [0.3, 0.4) is 0 Å². The van der Waals surface area contributed by atoms with Gasteiger partial charge in [0.2, 0.25) is 0 Å². The van der Waals surface area contributed by atoms with Crippen LogP contribution in [0.1, 0.15) is 28.4 Å². The molecule has 1 unspecified atom stereocenters. The first-order valence-electron chi connectivity index (χ1n) is 10.1. The second-order valence-corrected chi connectivity index (χ2v) is 7.22. The van der Waals surface area contributed by atoms with Gasteiger partial charge in [-0.1, -0.05) is 12.1 Å². The van der Waals surface area contributed by atoms with E-state index in [9.17, 15) is 0 Å². The lowest BCUT2D eigenvalue weighted by molar-refractivity contribution is 0.224. The van der Waals surface area contributed by atoms with Gasteiger partial charge < -0.3 is 28.4 Å². The number of benzene rings is 3. The lowest BCUT2D eigenvalue weighted by atomic mass is 9.96. The predicted octanol–water partition coefficient (Wildman–Crippen LogP) is 5.35. The molecule has 0 bridgehead atoms. The van der Waals surface area contributed by atoms with Crippen LogP contribution in [-0.2, 0) is 4.74 Å². The topological polar surface area (TPSA) is 55.4 Å². The smallest absolute Gasteiger partial charge is 0.153 e. The van der Waals surface area contributed by atoms with Crippen LogP contribution in [0, 0.1) is 0 Å². The standard InChI is InChI=1S/C26H26O6/c1-27-18-8-6-16(7-9-18)10-23-22-14-21(30-4)15-24(31-5)25(22)26(32-23)17-11-19(28-2)13-20(12-17)29-3/h6-15,26H,1-5H3/b23-10+. The zero-order valence-electron chi connectivity index (χ0n) is 18.8. The molecule has 0 aliphatic carbocycles. The van der Waals surface area contributed by atoms with Gasteiger partial charge >= 0.3 is 0 Å². The highest BCUT2D eigenvalue weighted by Gasteiger charge is 2.34. The molecule has 0 aromatic heterocycles. The molecule has 166 valence electrons. The maximum Gasteiger partial charge on any atom is 0.153 e. The minimum Gasteiger partial charge on any atom is -0.497 e. The lowest BCUT2D eigenvalue weighted by Gasteiger charge is -2.17. The summed E-state index contributed by atoms with van der Waals surface area (Å²) >= 11 is 0. The average Bonchev–Trinajstić information content (AvgIpc) is 3.21. The molecule has 0 saturated heterocycles. The van der Waals surface area contributed by atoms with Crippen LogP contribution < -0.4 is 23.7 Å². The minimum atomic E-state index is -0.403. The van der Waals surface area contributed by atoms with Crippen LogP contribution in [0.4, 0.5) is 0 Å². The van der Waals surface area contributed by atoms with Gasteiger partial charge in [0.1, 0.15) is 34.5 Å². The number of methoxy groups -OCH3 is 5. The van der Waals surface area contributed by atoms with Crippen LogP contribution in [0.15, 0.2) is 54.6 Å². The molecule has 0 spiro atoms. The van der Waals surface area contributed by atoms with E-state index in [1.54, 1.807) is 35.5 Å². The number of ether oxygens (including phenoxy) is 6. The van der Waals surface area contributed by atoms with E-state index in [4.69, 9.17) is 28.4 Å². The zero-order chi connectivity index (χ0) is 22.7. The minimum absolute atomic E-state index is 0.403. The van der Waals surface area contributed by atoms with Crippen molar-refractivity contribution in [1.82, 2.24) is 0 Å². The summed E-state index contributed by atoms with van der Waals surface area (Å²) < 4.78 is 33.9. The zero-order valence-corrected chi connectivity index (χ0v) is 18.8.